The maximum atomic E-state index is 13.2. The molecule has 3 aliphatic rings. The normalized spacial score (nSPS) is 19.9. The number of hydrogen-bond donors (Lipinski definition) is 2. The molecule has 0 saturated carbocycles. The second-order valence-corrected chi connectivity index (χ2v) is 12.0. The van der Waals surface area contributed by atoms with E-state index in [0.717, 1.165) is 49.6 Å². The van der Waals surface area contributed by atoms with Gasteiger partial charge in [-0.3, -0.25) is 19.3 Å². The largest absolute Gasteiger partial charge is 0.416 e. The number of anilines is 3. The van der Waals surface area contributed by atoms with Crippen molar-refractivity contribution in [2.24, 2.45) is 5.92 Å². The molecule has 2 unspecified atom stereocenters. The third-order valence-corrected chi connectivity index (χ3v) is 8.78. The van der Waals surface area contributed by atoms with Crippen LogP contribution in [0, 0.1) is 5.92 Å². The lowest BCUT2D eigenvalue weighted by Gasteiger charge is -2.44. The summed E-state index contributed by atoms with van der Waals surface area (Å²) in [7, 11) is 0. The fraction of sp³-hybridized carbons (Fsp3) is 0.424. The van der Waals surface area contributed by atoms with Crippen LogP contribution in [0.5, 0.6) is 0 Å². The maximum Gasteiger partial charge on any atom is 0.416 e. The van der Waals surface area contributed by atoms with Gasteiger partial charge in [0.05, 0.1) is 30.2 Å². The van der Waals surface area contributed by atoms with Gasteiger partial charge in [-0.05, 0) is 67.8 Å². The lowest BCUT2D eigenvalue weighted by molar-refractivity contribution is -0.137. The van der Waals surface area contributed by atoms with Crippen molar-refractivity contribution in [3.8, 4) is 0 Å². The fourth-order valence-corrected chi connectivity index (χ4v) is 6.62. The molecule has 2 bridgehead atoms. The van der Waals surface area contributed by atoms with E-state index in [0.29, 0.717) is 51.4 Å². The van der Waals surface area contributed by atoms with Crippen LogP contribution >= 0.6 is 0 Å². The van der Waals surface area contributed by atoms with Crippen molar-refractivity contribution in [2.75, 3.05) is 61.5 Å². The predicted molar refractivity (Wildman–Crippen MR) is 165 cm³/mol. The second kappa shape index (κ2) is 13.1. The molecule has 2 saturated heterocycles. The number of carbonyl (C=O) groups is 2. The van der Waals surface area contributed by atoms with Crippen molar-refractivity contribution in [2.45, 2.75) is 37.9 Å². The molecule has 3 aliphatic heterocycles. The summed E-state index contributed by atoms with van der Waals surface area (Å²) < 4.78 is 46.9. The lowest BCUT2D eigenvalue weighted by Crippen LogP contribution is -2.47. The topological polar surface area (TPSA) is 95.9 Å². The average molecular weight is 624 g/mol. The molecular formula is C33H36F3N5O4. The monoisotopic (exact) mass is 623 g/mol. The van der Waals surface area contributed by atoms with Crippen LogP contribution in [0.15, 0.2) is 65.5 Å². The number of halogens is 3. The first kappa shape index (κ1) is 30.8. The Kier molecular flexibility index (Phi) is 8.95. The summed E-state index contributed by atoms with van der Waals surface area (Å²) in [5, 5.41) is 5.58. The van der Waals surface area contributed by atoms with Crippen LogP contribution in [0.4, 0.5) is 30.2 Å². The zero-order valence-corrected chi connectivity index (χ0v) is 24.8. The molecule has 6 rings (SSSR count). The van der Waals surface area contributed by atoms with Gasteiger partial charge in [0, 0.05) is 68.1 Å². The number of nitrogens with one attached hydrogen (secondary N) is 2. The van der Waals surface area contributed by atoms with Crippen LogP contribution in [-0.2, 0) is 22.3 Å². The standard InChI is InChI=1S/C33H36F3N5O4/c34-33(35,36)25-4-1-5-26(18-25)37-32(44)23-9-10-29(27(17-23)38-30(42)7-3-11-39-12-14-45-15-13-39)40-19-22-16-24(21-40)28-6-2-8-31(43)41(28)20-22/h1-2,4-6,8-10,17-18,22,24H,3,7,11-16,19-21H2,(H,37,44)(H,38,42). The summed E-state index contributed by atoms with van der Waals surface area (Å²) in [6, 6.07) is 14.8. The number of nitrogens with zero attached hydrogens (tertiary/aromatic N) is 3. The second-order valence-electron chi connectivity index (χ2n) is 12.0. The molecule has 0 spiro atoms. The van der Waals surface area contributed by atoms with Crippen molar-refractivity contribution in [3.63, 3.8) is 0 Å². The summed E-state index contributed by atoms with van der Waals surface area (Å²) in [5.74, 6) is -0.411. The summed E-state index contributed by atoms with van der Waals surface area (Å²) in [5.41, 5.74) is 1.58. The molecule has 0 radical (unpaired) electrons. The van der Waals surface area contributed by atoms with E-state index >= 15 is 0 Å². The summed E-state index contributed by atoms with van der Waals surface area (Å²) in [6.45, 7) is 5.73. The zero-order valence-electron chi connectivity index (χ0n) is 24.8. The van der Waals surface area contributed by atoms with Gasteiger partial charge in [0.25, 0.3) is 11.5 Å². The first-order valence-electron chi connectivity index (χ1n) is 15.3. The van der Waals surface area contributed by atoms with Crippen LogP contribution in [-0.4, -0.2) is 67.2 Å². The quantitative estimate of drug-likeness (QED) is 0.375. The van der Waals surface area contributed by atoms with Gasteiger partial charge < -0.3 is 24.8 Å². The number of morpholine rings is 1. The van der Waals surface area contributed by atoms with E-state index in [4.69, 9.17) is 4.74 Å². The zero-order chi connectivity index (χ0) is 31.6. The van der Waals surface area contributed by atoms with E-state index in [1.165, 1.54) is 12.1 Å². The molecule has 45 heavy (non-hydrogen) atoms. The van der Waals surface area contributed by atoms with Crippen LogP contribution < -0.4 is 21.1 Å². The van der Waals surface area contributed by atoms with Crippen molar-refractivity contribution in [3.05, 3.63) is 87.8 Å². The average Bonchev–Trinajstić information content (AvgIpc) is 3.02. The van der Waals surface area contributed by atoms with Crippen LogP contribution in [0.3, 0.4) is 0 Å². The van der Waals surface area contributed by atoms with Gasteiger partial charge in [0.2, 0.25) is 5.91 Å². The minimum Gasteiger partial charge on any atom is -0.379 e. The summed E-state index contributed by atoms with van der Waals surface area (Å²) >= 11 is 0. The Balaban J connectivity index is 1.23. The Morgan fingerprint density at radius 3 is 2.53 bits per heavy atom. The van der Waals surface area contributed by atoms with Crippen LogP contribution in [0.1, 0.15) is 46.8 Å². The summed E-state index contributed by atoms with van der Waals surface area (Å²) in [4.78, 5) is 43.3. The molecular weight excluding hydrogens is 587 g/mol. The van der Waals surface area contributed by atoms with Crippen molar-refractivity contribution >= 4 is 28.9 Å². The molecule has 0 aliphatic carbocycles. The fourth-order valence-electron chi connectivity index (χ4n) is 6.62. The number of fused-ring (bicyclic) bond motifs is 4. The highest BCUT2D eigenvalue weighted by molar-refractivity contribution is 6.06. The van der Waals surface area contributed by atoms with Crippen molar-refractivity contribution < 1.29 is 27.5 Å². The molecule has 2 atom stereocenters. The number of rotatable bonds is 8. The Hall–Kier alpha value is -4.16. The molecule has 2 amide bonds. The Labute approximate surface area is 259 Å². The number of hydrogen-bond acceptors (Lipinski definition) is 6. The minimum atomic E-state index is -4.54. The third-order valence-electron chi connectivity index (χ3n) is 8.78. The number of pyridine rings is 1. The third kappa shape index (κ3) is 7.23. The van der Waals surface area contributed by atoms with E-state index in [2.05, 4.69) is 20.4 Å². The van der Waals surface area contributed by atoms with E-state index in [1.54, 1.807) is 30.3 Å². The molecule has 4 heterocycles. The number of amides is 2. The van der Waals surface area contributed by atoms with E-state index < -0.39 is 17.6 Å². The van der Waals surface area contributed by atoms with Gasteiger partial charge in [-0.25, -0.2) is 0 Å². The highest BCUT2D eigenvalue weighted by Crippen LogP contribution is 2.39. The van der Waals surface area contributed by atoms with Gasteiger partial charge >= 0.3 is 6.18 Å². The van der Waals surface area contributed by atoms with E-state index in [1.807, 2.05) is 10.6 Å². The molecule has 12 heteroatoms. The van der Waals surface area contributed by atoms with Crippen molar-refractivity contribution in [1.29, 1.82) is 0 Å². The highest BCUT2D eigenvalue weighted by atomic mass is 19.4. The number of carbonyl (C=O) groups excluding carboxylic acids is 2. The van der Waals surface area contributed by atoms with Crippen LogP contribution in [0.25, 0.3) is 0 Å². The van der Waals surface area contributed by atoms with Gasteiger partial charge in [-0.15, -0.1) is 0 Å². The van der Waals surface area contributed by atoms with Gasteiger partial charge in [0.1, 0.15) is 0 Å². The first-order valence-corrected chi connectivity index (χ1v) is 15.3. The molecule has 9 nitrogen and oxygen atoms in total. The minimum absolute atomic E-state index is 0.00295. The Morgan fingerprint density at radius 1 is 0.933 bits per heavy atom. The lowest BCUT2D eigenvalue weighted by atomic mass is 9.83. The molecule has 2 aromatic carbocycles. The Morgan fingerprint density at radius 2 is 1.73 bits per heavy atom. The number of benzene rings is 2. The van der Waals surface area contributed by atoms with E-state index in [9.17, 15) is 27.6 Å². The molecule has 238 valence electrons. The molecule has 3 aromatic rings. The van der Waals surface area contributed by atoms with Crippen LogP contribution in [0.2, 0.25) is 0 Å². The van der Waals surface area contributed by atoms with Gasteiger partial charge in [0.15, 0.2) is 0 Å². The number of piperidine rings is 1. The summed E-state index contributed by atoms with van der Waals surface area (Å²) in [6.07, 6.45) is -2.63. The number of aromatic nitrogens is 1. The molecule has 1 aromatic heterocycles. The molecule has 2 fully saturated rings. The highest BCUT2D eigenvalue weighted by Gasteiger charge is 2.35. The number of ether oxygens (including phenoxy) is 1. The number of alkyl halides is 3. The van der Waals surface area contributed by atoms with Gasteiger partial charge in [-0.2, -0.15) is 13.2 Å². The van der Waals surface area contributed by atoms with E-state index in [-0.39, 0.29) is 34.6 Å². The predicted octanol–water partition coefficient (Wildman–Crippen LogP) is 4.79. The first-order chi connectivity index (χ1) is 21.6. The van der Waals surface area contributed by atoms with Gasteiger partial charge in [-0.1, -0.05) is 12.1 Å². The molecule has 2 N–H and O–H groups in total. The van der Waals surface area contributed by atoms with Crippen molar-refractivity contribution in [1.82, 2.24) is 9.47 Å². The Bertz CT molecular complexity index is 1620. The SMILES string of the molecule is O=C(CCCN1CCOCC1)Nc1cc(C(=O)Nc2cccc(C(F)(F)F)c2)ccc1N1CC2CC(C1)c1cccc(=O)n1C2. The smallest absolute Gasteiger partial charge is 0.379 e. The maximum absolute atomic E-state index is 13.2.